The van der Waals surface area contributed by atoms with Crippen molar-refractivity contribution in [3.05, 3.63) is 65.5 Å². The van der Waals surface area contributed by atoms with Gasteiger partial charge in [-0.25, -0.2) is 4.79 Å². The summed E-state index contributed by atoms with van der Waals surface area (Å²) in [7, 11) is 0. The molecule has 0 fully saturated rings. The van der Waals surface area contributed by atoms with Crippen molar-refractivity contribution in [3.8, 4) is 11.5 Å². The van der Waals surface area contributed by atoms with Gasteiger partial charge in [0.25, 0.3) is 0 Å². The summed E-state index contributed by atoms with van der Waals surface area (Å²) < 4.78 is 5.57. The molecule has 0 spiro atoms. The molecule has 2 N–H and O–H groups in total. The Morgan fingerprint density at radius 1 is 1.04 bits per heavy atom. The van der Waals surface area contributed by atoms with E-state index >= 15 is 0 Å². The zero-order chi connectivity index (χ0) is 16.8. The van der Waals surface area contributed by atoms with E-state index in [0.717, 1.165) is 5.56 Å². The SMILES string of the molecule is O=C(NCCc1nnc(-c2ccccc2)o1)Nc1ccc(Cl)cc1. The van der Waals surface area contributed by atoms with Crippen LogP contribution in [0.25, 0.3) is 11.5 Å². The molecule has 1 heterocycles. The smallest absolute Gasteiger partial charge is 0.319 e. The Labute approximate surface area is 143 Å². The number of rotatable bonds is 5. The molecule has 0 saturated carbocycles. The summed E-state index contributed by atoms with van der Waals surface area (Å²) in [5, 5.41) is 14.0. The van der Waals surface area contributed by atoms with Crippen molar-refractivity contribution in [1.82, 2.24) is 15.5 Å². The Hall–Kier alpha value is -2.86. The van der Waals surface area contributed by atoms with E-state index in [1.807, 2.05) is 30.3 Å². The summed E-state index contributed by atoms with van der Waals surface area (Å²) in [5.41, 5.74) is 1.53. The van der Waals surface area contributed by atoms with Gasteiger partial charge in [0.1, 0.15) is 0 Å². The highest BCUT2D eigenvalue weighted by molar-refractivity contribution is 6.30. The zero-order valence-corrected chi connectivity index (χ0v) is 13.5. The minimum Gasteiger partial charge on any atom is -0.421 e. The van der Waals surface area contributed by atoms with Crippen LogP contribution in [-0.4, -0.2) is 22.8 Å². The Bertz CT molecular complexity index is 803. The number of nitrogens with zero attached hydrogens (tertiary/aromatic N) is 2. The van der Waals surface area contributed by atoms with E-state index in [0.29, 0.717) is 35.5 Å². The molecule has 3 aromatic rings. The lowest BCUT2D eigenvalue weighted by Crippen LogP contribution is -2.30. The summed E-state index contributed by atoms with van der Waals surface area (Å²) in [6.07, 6.45) is 0.452. The summed E-state index contributed by atoms with van der Waals surface area (Å²) in [5.74, 6) is 0.942. The maximum atomic E-state index is 11.8. The first kappa shape index (κ1) is 16.0. The van der Waals surface area contributed by atoms with Gasteiger partial charge in [-0.1, -0.05) is 29.8 Å². The molecule has 0 aliphatic rings. The van der Waals surface area contributed by atoms with Gasteiger partial charge in [-0.15, -0.1) is 10.2 Å². The molecule has 122 valence electrons. The molecule has 0 saturated heterocycles. The van der Waals surface area contributed by atoms with Crippen molar-refractivity contribution in [2.75, 3.05) is 11.9 Å². The number of hydrogen-bond donors (Lipinski definition) is 2. The second kappa shape index (κ2) is 7.61. The van der Waals surface area contributed by atoms with E-state index < -0.39 is 0 Å². The molecule has 0 bridgehead atoms. The van der Waals surface area contributed by atoms with Crippen molar-refractivity contribution >= 4 is 23.3 Å². The van der Waals surface area contributed by atoms with Crippen LogP contribution in [0.1, 0.15) is 5.89 Å². The highest BCUT2D eigenvalue weighted by Gasteiger charge is 2.08. The van der Waals surface area contributed by atoms with Crippen LogP contribution in [0.4, 0.5) is 10.5 Å². The molecule has 1 aromatic heterocycles. The molecule has 7 heteroatoms. The van der Waals surface area contributed by atoms with Crippen LogP contribution >= 0.6 is 11.6 Å². The van der Waals surface area contributed by atoms with Crippen molar-refractivity contribution in [1.29, 1.82) is 0 Å². The molecule has 0 aliphatic carbocycles. The third-order valence-corrected chi connectivity index (χ3v) is 3.47. The first-order valence-electron chi connectivity index (χ1n) is 7.39. The lowest BCUT2D eigenvalue weighted by atomic mass is 10.2. The first-order chi connectivity index (χ1) is 11.7. The lowest BCUT2D eigenvalue weighted by molar-refractivity contribution is 0.252. The van der Waals surface area contributed by atoms with Crippen LogP contribution in [0.2, 0.25) is 5.02 Å². The highest BCUT2D eigenvalue weighted by Crippen LogP contribution is 2.17. The molecule has 3 rings (SSSR count). The number of hydrogen-bond acceptors (Lipinski definition) is 4. The normalized spacial score (nSPS) is 10.4. The summed E-state index contributed by atoms with van der Waals surface area (Å²) in [6, 6.07) is 16.1. The van der Waals surface area contributed by atoms with Gasteiger partial charge in [-0.2, -0.15) is 0 Å². The molecule has 0 aliphatic heterocycles. The molecule has 6 nitrogen and oxygen atoms in total. The van der Waals surface area contributed by atoms with Gasteiger partial charge in [0, 0.05) is 29.2 Å². The third-order valence-electron chi connectivity index (χ3n) is 3.21. The summed E-state index contributed by atoms with van der Waals surface area (Å²) >= 11 is 5.79. The molecule has 0 radical (unpaired) electrons. The lowest BCUT2D eigenvalue weighted by Gasteiger charge is -2.06. The fourth-order valence-electron chi connectivity index (χ4n) is 2.04. The van der Waals surface area contributed by atoms with E-state index in [1.54, 1.807) is 24.3 Å². The summed E-state index contributed by atoms with van der Waals surface area (Å²) in [6.45, 7) is 0.385. The molecule has 0 unspecified atom stereocenters. The van der Waals surface area contributed by atoms with Crippen LogP contribution < -0.4 is 10.6 Å². The van der Waals surface area contributed by atoms with Crippen molar-refractivity contribution in [2.45, 2.75) is 6.42 Å². The standard InChI is InChI=1S/C17H15ClN4O2/c18-13-6-8-14(9-7-13)20-17(23)19-11-10-15-21-22-16(24-15)12-4-2-1-3-5-12/h1-9H,10-11H2,(H2,19,20,23). The monoisotopic (exact) mass is 342 g/mol. The number of carbonyl (C=O) groups excluding carboxylic acids is 1. The van der Waals surface area contributed by atoms with Gasteiger partial charge in [-0.3, -0.25) is 0 Å². The van der Waals surface area contributed by atoms with Crippen molar-refractivity contribution < 1.29 is 9.21 Å². The van der Waals surface area contributed by atoms with Gasteiger partial charge < -0.3 is 15.1 Å². The number of halogens is 1. The van der Waals surface area contributed by atoms with Gasteiger partial charge in [0.05, 0.1) is 0 Å². The van der Waals surface area contributed by atoms with Crippen LogP contribution in [0.3, 0.4) is 0 Å². The summed E-state index contributed by atoms with van der Waals surface area (Å²) in [4.78, 5) is 11.8. The maximum absolute atomic E-state index is 11.8. The predicted molar refractivity (Wildman–Crippen MR) is 91.9 cm³/mol. The fraction of sp³-hybridized carbons (Fsp3) is 0.118. The number of benzene rings is 2. The van der Waals surface area contributed by atoms with Gasteiger partial charge in [0.2, 0.25) is 11.8 Å². The average Bonchev–Trinajstić information content (AvgIpc) is 3.07. The van der Waals surface area contributed by atoms with Crippen LogP contribution in [0, 0.1) is 0 Å². The minimum atomic E-state index is -0.305. The second-order valence-corrected chi connectivity index (χ2v) is 5.44. The molecule has 24 heavy (non-hydrogen) atoms. The van der Waals surface area contributed by atoms with Crippen molar-refractivity contribution in [3.63, 3.8) is 0 Å². The number of anilines is 1. The first-order valence-corrected chi connectivity index (χ1v) is 7.77. The van der Waals surface area contributed by atoms with E-state index in [4.69, 9.17) is 16.0 Å². The Morgan fingerprint density at radius 2 is 1.79 bits per heavy atom. The van der Waals surface area contributed by atoms with Gasteiger partial charge in [-0.05, 0) is 36.4 Å². The quantitative estimate of drug-likeness (QED) is 0.740. The second-order valence-electron chi connectivity index (χ2n) is 5.00. The fourth-order valence-corrected chi connectivity index (χ4v) is 2.17. The average molecular weight is 343 g/mol. The predicted octanol–water partition coefficient (Wildman–Crippen LogP) is 3.75. The minimum absolute atomic E-state index is 0.305. The van der Waals surface area contributed by atoms with Crippen LogP contribution in [0.5, 0.6) is 0 Å². The Balaban J connectivity index is 1.47. The molecule has 2 amide bonds. The van der Waals surface area contributed by atoms with E-state index in [2.05, 4.69) is 20.8 Å². The number of urea groups is 1. The van der Waals surface area contributed by atoms with Crippen LogP contribution in [-0.2, 0) is 6.42 Å². The zero-order valence-electron chi connectivity index (χ0n) is 12.7. The largest absolute Gasteiger partial charge is 0.421 e. The van der Waals surface area contributed by atoms with Gasteiger partial charge in [0.15, 0.2) is 0 Å². The van der Waals surface area contributed by atoms with Crippen LogP contribution in [0.15, 0.2) is 59.0 Å². The molecular formula is C17H15ClN4O2. The third kappa shape index (κ3) is 4.33. The Kier molecular flexibility index (Phi) is 5.08. The maximum Gasteiger partial charge on any atom is 0.319 e. The highest BCUT2D eigenvalue weighted by atomic mass is 35.5. The number of carbonyl (C=O) groups is 1. The number of amides is 2. The number of aromatic nitrogens is 2. The van der Waals surface area contributed by atoms with E-state index in [-0.39, 0.29) is 6.03 Å². The Morgan fingerprint density at radius 3 is 2.54 bits per heavy atom. The molecule has 0 atom stereocenters. The van der Waals surface area contributed by atoms with Crippen molar-refractivity contribution in [2.24, 2.45) is 0 Å². The molecular weight excluding hydrogens is 328 g/mol. The number of nitrogens with one attached hydrogen (secondary N) is 2. The topological polar surface area (TPSA) is 80.1 Å². The van der Waals surface area contributed by atoms with Gasteiger partial charge >= 0.3 is 6.03 Å². The van der Waals surface area contributed by atoms with E-state index in [1.165, 1.54) is 0 Å². The van der Waals surface area contributed by atoms with E-state index in [9.17, 15) is 4.79 Å². The molecule has 2 aromatic carbocycles.